The summed E-state index contributed by atoms with van der Waals surface area (Å²) in [4.78, 5) is 20.0. The number of hydrogen-bond donors (Lipinski definition) is 0. The van der Waals surface area contributed by atoms with E-state index in [9.17, 15) is 9.18 Å². The van der Waals surface area contributed by atoms with Crippen LogP contribution in [-0.2, 0) is 17.9 Å². The van der Waals surface area contributed by atoms with E-state index in [-0.39, 0.29) is 17.3 Å². The second kappa shape index (κ2) is 7.72. The lowest BCUT2D eigenvalue weighted by molar-refractivity contribution is -0.132. The molecule has 1 spiro atoms. The van der Waals surface area contributed by atoms with Crippen molar-refractivity contribution < 1.29 is 9.18 Å². The van der Waals surface area contributed by atoms with Gasteiger partial charge >= 0.3 is 0 Å². The standard InChI is InChI=1S/C22H27FN2OS/c1-17-6-7-20(27-17)16-24-12-3-9-22(11-13-24)10-8-21(26)25(22)15-18-4-2-5-19(23)14-18/h2,4-7,14H,3,8-13,15-16H2,1H3. The van der Waals surface area contributed by atoms with Crippen LogP contribution in [0.25, 0.3) is 0 Å². The molecule has 2 aliphatic heterocycles. The van der Waals surface area contributed by atoms with Crippen LogP contribution >= 0.6 is 11.3 Å². The smallest absolute Gasteiger partial charge is 0.223 e. The van der Waals surface area contributed by atoms with E-state index in [0.717, 1.165) is 50.9 Å². The van der Waals surface area contributed by atoms with E-state index in [4.69, 9.17) is 0 Å². The molecular formula is C22H27FN2OS. The zero-order valence-corrected chi connectivity index (χ0v) is 16.7. The third-order valence-corrected chi connectivity index (χ3v) is 7.08. The van der Waals surface area contributed by atoms with Gasteiger partial charge in [0.25, 0.3) is 0 Å². The fourth-order valence-corrected chi connectivity index (χ4v) is 5.58. The molecule has 2 saturated heterocycles. The topological polar surface area (TPSA) is 23.6 Å². The second-order valence-electron chi connectivity index (χ2n) is 7.98. The van der Waals surface area contributed by atoms with Crippen LogP contribution < -0.4 is 0 Å². The summed E-state index contributed by atoms with van der Waals surface area (Å²) >= 11 is 1.87. The molecular weight excluding hydrogens is 359 g/mol. The summed E-state index contributed by atoms with van der Waals surface area (Å²) in [7, 11) is 0. The van der Waals surface area contributed by atoms with Crippen LogP contribution in [0.1, 0.15) is 47.4 Å². The van der Waals surface area contributed by atoms with Gasteiger partial charge in [-0.25, -0.2) is 4.39 Å². The molecule has 2 aliphatic rings. The number of nitrogens with zero attached hydrogens (tertiary/aromatic N) is 2. The summed E-state index contributed by atoms with van der Waals surface area (Å²) in [5, 5.41) is 0. The Bertz CT molecular complexity index is 820. The highest BCUT2D eigenvalue weighted by molar-refractivity contribution is 7.11. The molecule has 1 unspecified atom stereocenters. The average molecular weight is 387 g/mol. The van der Waals surface area contributed by atoms with E-state index >= 15 is 0 Å². The van der Waals surface area contributed by atoms with Gasteiger partial charge in [-0.1, -0.05) is 12.1 Å². The lowest BCUT2D eigenvalue weighted by Crippen LogP contribution is -2.45. The normalized spacial score (nSPS) is 23.9. The summed E-state index contributed by atoms with van der Waals surface area (Å²) in [6, 6.07) is 11.1. The monoisotopic (exact) mass is 386 g/mol. The third-order valence-electron chi connectivity index (χ3n) is 6.09. The van der Waals surface area contributed by atoms with Gasteiger partial charge < -0.3 is 4.90 Å². The number of aryl methyl sites for hydroxylation is 1. The molecule has 0 N–H and O–H groups in total. The maximum atomic E-state index is 13.6. The van der Waals surface area contributed by atoms with Crippen molar-refractivity contribution in [2.24, 2.45) is 0 Å². The van der Waals surface area contributed by atoms with Crippen LogP contribution in [0, 0.1) is 12.7 Å². The van der Waals surface area contributed by atoms with Gasteiger partial charge in [-0.3, -0.25) is 9.69 Å². The Morgan fingerprint density at radius 3 is 2.78 bits per heavy atom. The minimum absolute atomic E-state index is 0.0521. The number of carbonyl (C=O) groups is 1. The number of benzene rings is 1. The van der Waals surface area contributed by atoms with Gasteiger partial charge in [-0.05, 0) is 69.0 Å². The number of thiophene rings is 1. The molecule has 0 saturated carbocycles. The van der Waals surface area contributed by atoms with Crippen LogP contribution in [0.3, 0.4) is 0 Å². The lowest BCUT2D eigenvalue weighted by atomic mass is 9.87. The van der Waals surface area contributed by atoms with Gasteiger partial charge in [0.15, 0.2) is 0 Å². The average Bonchev–Trinajstić information content (AvgIpc) is 3.10. The molecule has 4 rings (SSSR count). The van der Waals surface area contributed by atoms with Crippen molar-refractivity contribution in [3.05, 3.63) is 57.5 Å². The zero-order valence-electron chi connectivity index (χ0n) is 15.9. The molecule has 3 heterocycles. The number of hydrogen-bond acceptors (Lipinski definition) is 3. The van der Waals surface area contributed by atoms with Crippen LogP contribution in [0.5, 0.6) is 0 Å². The first-order valence-corrected chi connectivity index (χ1v) is 10.7. The Morgan fingerprint density at radius 1 is 1.11 bits per heavy atom. The first-order valence-electron chi connectivity index (χ1n) is 9.87. The molecule has 5 heteroatoms. The van der Waals surface area contributed by atoms with Crippen molar-refractivity contribution in [1.29, 1.82) is 0 Å². The van der Waals surface area contributed by atoms with Crippen molar-refractivity contribution in [3.63, 3.8) is 0 Å². The van der Waals surface area contributed by atoms with Gasteiger partial charge in [0.2, 0.25) is 5.91 Å². The molecule has 2 fully saturated rings. The third kappa shape index (κ3) is 4.09. The maximum Gasteiger partial charge on any atom is 0.223 e. The first-order chi connectivity index (χ1) is 13.0. The predicted octanol–water partition coefficient (Wildman–Crippen LogP) is 4.74. The number of carbonyl (C=O) groups excluding carboxylic acids is 1. The Kier molecular flexibility index (Phi) is 5.33. The van der Waals surface area contributed by atoms with Crippen LogP contribution in [0.2, 0.25) is 0 Å². The predicted molar refractivity (Wildman–Crippen MR) is 107 cm³/mol. The molecule has 1 amide bonds. The largest absolute Gasteiger partial charge is 0.333 e. The first kappa shape index (κ1) is 18.6. The fourth-order valence-electron chi connectivity index (χ4n) is 4.65. The Hall–Kier alpha value is -1.72. The van der Waals surface area contributed by atoms with E-state index in [1.165, 1.54) is 15.8 Å². The summed E-state index contributed by atoms with van der Waals surface area (Å²) in [5.41, 5.74) is 0.837. The summed E-state index contributed by atoms with van der Waals surface area (Å²) in [6.07, 6.45) is 4.73. The van der Waals surface area contributed by atoms with Crippen molar-refractivity contribution in [1.82, 2.24) is 9.80 Å². The van der Waals surface area contributed by atoms with Crippen LogP contribution in [0.4, 0.5) is 4.39 Å². The molecule has 0 aliphatic carbocycles. The quantitative estimate of drug-likeness (QED) is 0.757. The molecule has 144 valence electrons. The summed E-state index contributed by atoms with van der Waals surface area (Å²) < 4.78 is 13.6. The van der Waals surface area contributed by atoms with Gasteiger partial charge in [0.05, 0.1) is 0 Å². The number of amides is 1. The molecule has 0 radical (unpaired) electrons. The second-order valence-corrected chi connectivity index (χ2v) is 9.35. The van der Waals surface area contributed by atoms with E-state index in [2.05, 4.69) is 28.9 Å². The minimum Gasteiger partial charge on any atom is -0.333 e. The van der Waals surface area contributed by atoms with E-state index < -0.39 is 0 Å². The highest BCUT2D eigenvalue weighted by Gasteiger charge is 2.45. The van der Waals surface area contributed by atoms with Crippen LogP contribution in [0.15, 0.2) is 36.4 Å². The Balaban J connectivity index is 1.46. The van der Waals surface area contributed by atoms with Gasteiger partial charge in [0, 0.05) is 41.3 Å². The summed E-state index contributed by atoms with van der Waals surface area (Å²) in [5.74, 6) is -0.00642. The van der Waals surface area contributed by atoms with Gasteiger partial charge in [-0.2, -0.15) is 0 Å². The SMILES string of the molecule is Cc1ccc(CN2CCCC3(CCC(=O)N3Cc3cccc(F)c3)CC2)s1. The number of rotatable bonds is 4. The number of halogens is 1. The van der Waals surface area contributed by atoms with Gasteiger partial charge in [-0.15, -0.1) is 11.3 Å². The molecule has 0 bridgehead atoms. The Morgan fingerprint density at radius 2 is 2.00 bits per heavy atom. The van der Waals surface area contributed by atoms with Crippen molar-refractivity contribution in [2.75, 3.05) is 13.1 Å². The minimum atomic E-state index is -0.230. The van der Waals surface area contributed by atoms with Crippen molar-refractivity contribution in [2.45, 2.75) is 57.7 Å². The number of likely N-dealkylation sites (tertiary alicyclic amines) is 2. The molecule has 1 aromatic carbocycles. The van der Waals surface area contributed by atoms with Crippen LogP contribution in [-0.4, -0.2) is 34.3 Å². The van der Waals surface area contributed by atoms with E-state index in [0.29, 0.717) is 13.0 Å². The fraction of sp³-hybridized carbons (Fsp3) is 0.500. The molecule has 1 atom stereocenters. The van der Waals surface area contributed by atoms with Gasteiger partial charge in [0.1, 0.15) is 5.82 Å². The van der Waals surface area contributed by atoms with E-state index in [1.54, 1.807) is 12.1 Å². The van der Waals surface area contributed by atoms with E-state index in [1.807, 2.05) is 17.4 Å². The lowest BCUT2D eigenvalue weighted by Gasteiger charge is -2.38. The molecule has 1 aromatic heterocycles. The highest BCUT2D eigenvalue weighted by atomic mass is 32.1. The molecule has 3 nitrogen and oxygen atoms in total. The highest BCUT2D eigenvalue weighted by Crippen LogP contribution is 2.40. The zero-order chi connectivity index (χ0) is 18.9. The Labute approximate surface area is 164 Å². The molecule has 2 aromatic rings. The van der Waals surface area contributed by atoms with Crippen molar-refractivity contribution in [3.8, 4) is 0 Å². The molecule has 27 heavy (non-hydrogen) atoms. The summed E-state index contributed by atoms with van der Waals surface area (Å²) in [6.45, 7) is 5.79. The van der Waals surface area contributed by atoms with Crippen molar-refractivity contribution >= 4 is 17.2 Å². The maximum absolute atomic E-state index is 13.6.